The lowest BCUT2D eigenvalue weighted by Gasteiger charge is -2.29. The Kier molecular flexibility index (Phi) is 6.06. The molecule has 0 aromatic heterocycles. The highest BCUT2D eigenvalue weighted by molar-refractivity contribution is 5.25. The standard InChI is InChI=1S/C18H29NO/c1-3-17(19)18(15-10-8-9-14(2)13-15)20-16-11-6-4-5-7-12-16/h8-10,13,16-18H,3-7,11-12,19H2,1-2H3. The van der Waals surface area contributed by atoms with Crippen LogP contribution in [0.15, 0.2) is 24.3 Å². The first-order valence-electron chi connectivity index (χ1n) is 8.18. The molecule has 1 aliphatic rings. The lowest BCUT2D eigenvalue weighted by molar-refractivity contribution is -0.0341. The van der Waals surface area contributed by atoms with Crippen LogP contribution in [0.5, 0.6) is 0 Å². The van der Waals surface area contributed by atoms with Crippen molar-refractivity contribution in [2.75, 3.05) is 0 Å². The molecule has 0 radical (unpaired) electrons. The molecule has 2 rings (SSSR count). The Hall–Kier alpha value is -0.860. The summed E-state index contributed by atoms with van der Waals surface area (Å²) in [7, 11) is 0. The molecule has 1 aromatic carbocycles. The number of benzene rings is 1. The molecule has 1 aliphatic carbocycles. The van der Waals surface area contributed by atoms with E-state index in [0.29, 0.717) is 6.10 Å². The van der Waals surface area contributed by atoms with Crippen LogP contribution in [0.3, 0.4) is 0 Å². The second-order valence-electron chi connectivity index (χ2n) is 6.16. The van der Waals surface area contributed by atoms with Gasteiger partial charge in [-0.25, -0.2) is 0 Å². The van der Waals surface area contributed by atoms with Crippen molar-refractivity contribution in [1.29, 1.82) is 0 Å². The Balaban J connectivity index is 2.10. The van der Waals surface area contributed by atoms with Gasteiger partial charge in [0.2, 0.25) is 0 Å². The maximum atomic E-state index is 6.44. The van der Waals surface area contributed by atoms with Crippen molar-refractivity contribution < 1.29 is 4.74 Å². The second-order valence-corrected chi connectivity index (χ2v) is 6.16. The molecule has 2 N–H and O–H groups in total. The van der Waals surface area contributed by atoms with E-state index in [1.165, 1.54) is 49.7 Å². The van der Waals surface area contributed by atoms with Gasteiger partial charge in [-0.3, -0.25) is 0 Å². The summed E-state index contributed by atoms with van der Waals surface area (Å²) in [5.74, 6) is 0. The van der Waals surface area contributed by atoms with Crippen molar-refractivity contribution in [1.82, 2.24) is 0 Å². The summed E-state index contributed by atoms with van der Waals surface area (Å²) in [5.41, 5.74) is 8.85. The Labute approximate surface area is 123 Å². The van der Waals surface area contributed by atoms with Crippen LogP contribution in [-0.2, 0) is 4.74 Å². The van der Waals surface area contributed by atoms with Crippen LogP contribution in [-0.4, -0.2) is 12.1 Å². The summed E-state index contributed by atoms with van der Waals surface area (Å²) >= 11 is 0. The number of nitrogens with two attached hydrogens (primary N) is 1. The van der Waals surface area contributed by atoms with Crippen LogP contribution in [0, 0.1) is 6.92 Å². The number of aryl methyl sites for hydroxylation is 1. The van der Waals surface area contributed by atoms with Crippen molar-refractivity contribution in [2.24, 2.45) is 5.73 Å². The van der Waals surface area contributed by atoms with E-state index in [0.717, 1.165) is 6.42 Å². The average molecular weight is 275 g/mol. The molecule has 1 aromatic rings. The van der Waals surface area contributed by atoms with Crippen molar-refractivity contribution >= 4 is 0 Å². The van der Waals surface area contributed by atoms with E-state index in [1.807, 2.05) is 0 Å². The van der Waals surface area contributed by atoms with E-state index in [1.54, 1.807) is 0 Å². The SMILES string of the molecule is CCC(N)C(OC1CCCCCC1)c1cccc(C)c1. The zero-order valence-corrected chi connectivity index (χ0v) is 13.0. The second kappa shape index (κ2) is 7.80. The lowest BCUT2D eigenvalue weighted by atomic mass is 9.98. The highest BCUT2D eigenvalue weighted by Gasteiger charge is 2.24. The molecule has 112 valence electrons. The van der Waals surface area contributed by atoms with Crippen molar-refractivity contribution in [3.8, 4) is 0 Å². The largest absolute Gasteiger partial charge is 0.369 e. The lowest BCUT2D eigenvalue weighted by Crippen LogP contribution is -2.32. The Morgan fingerprint density at radius 2 is 1.90 bits per heavy atom. The first-order valence-corrected chi connectivity index (χ1v) is 8.18. The van der Waals surface area contributed by atoms with Crippen molar-refractivity contribution in [2.45, 2.75) is 77.0 Å². The first kappa shape index (κ1) is 15.5. The number of hydrogen-bond acceptors (Lipinski definition) is 2. The maximum Gasteiger partial charge on any atom is 0.0979 e. The van der Waals surface area contributed by atoms with Crippen LogP contribution in [0.25, 0.3) is 0 Å². The number of rotatable bonds is 5. The molecule has 2 atom stereocenters. The Morgan fingerprint density at radius 3 is 2.50 bits per heavy atom. The van der Waals surface area contributed by atoms with E-state index in [2.05, 4.69) is 38.1 Å². The summed E-state index contributed by atoms with van der Waals surface area (Å²) in [6.07, 6.45) is 9.08. The molecule has 0 bridgehead atoms. The van der Waals surface area contributed by atoms with Gasteiger partial charge in [0.15, 0.2) is 0 Å². The quantitative estimate of drug-likeness (QED) is 0.802. The van der Waals surface area contributed by atoms with Gasteiger partial charge >= 0.3 is 0 Å². The minimum absolute atomic E-state index is 0.0444. The molecule has 20 heavy (non-hydrogen) atoms. The van der Waals surface area contributed by atoms with E-state index >= 15 is 0 Å². The highest BCUT2D eigenvalue weighted by Crippen LogP contribution is 2.29. The van der Waals surface area contributed by atoms with Gasteiger partial charge in [0.1, 0.15) is 0 Å². The van der Waals surface area contributed by atoms with Crippen LogP contribution in [0.1, 0.15) is 69.1 Å². The minimum Gasteiger partial charge on any atom is -0.369 e. The third-order valence-corrected chi connectivity index (χ3v) is 4.37. The molecule has 1 fully saturated rings. The zero-order chi connectivity index (χ0) is 14.4. The van der Waals surface area contributed by atoms with Gasteiger partial charge < -0.3 is 10.5 Å². The predicted molar refractivity (Wildman–Crippen MR) is 84.8 cm³/mol. The van der Waals surface area contributed by atoms with Gasteiger partial charge in [0.05, 0.1) is 12.2 Å². The van der Waals surface area contributed by atoms with Crippen molar-refractivity contribution in [3.63, 3.8) is 0 Å². The van der Waals surface area contributed by atoms with Gasteiger partial charge in [-0.2, -0.15) is 0 Å². The zero-order valence-electron chi connectivity index (χ0n) is 13.0. The third kappa shape index (κ3) is 4.32. The summed E-state index contributed by atoms with van der Waals surface area (Å²) in [6, 6.07) is 8.70. The molecule has 0 saturated heterocycles. The van der Waals surface area contributed by atoms with Crippen LogP contribution < -0.4 is 5.73 Å². The van der Waals surface area contributed by atoms with E-state index in [-0.39, 0.29) is 12.1 Å². The fraction of sp³-hybridized carbons (Fsp3) is 0.667. The van der Waals surface area contributed by atoms with Crippen LogP contribution >= 0.6 is 0 Å². The van der Waals surface area contributed by atoms with E-state index < -0.39 is 0 Å². The molecule has 2 nitrogen and oxygen atoms in total. The number of ether oxygens (including phenoxy) is 1. The smallest absolute Gasteiger partial charge is 0.0979 e. The molecular formula is C18H29NO. The Bertz CT molecular complexity index is 396. The van der Waals surface area contributed by atoms with Gasteiger partial charge in [-0.15, -0.1) is 0 Å². The summed E-state index contributed by atoms with van der Waals surface area (Å²) < 4.78 is 6.44. The van der Waals surface area contributed by atoms with Gasteiger partial charge in [0, 0.05) is 6.04 Å². The van der Waals surface area contributed by atoms with E-state index in [9.17, 15) is 0 Å². The summed E-state index contributed by atoms with van der Waals surface area (Å²) in [5, 5.41) is 0. The Morgan fingerprint density at radius 1 is 1.20 bits per heavy atom. The van der Waals surface area contributed by atoms with Crippen LogP contribution in [0.2, 0.25) is 0 Å². The molecule has 0 amide bonds. The highest BCUT2D eigenvalue weighted by atomic mass is 16.5. The topological polar surface area (TPSA) is 35.2 Å². The fourth-order valence-electron chi connectivity index (χ4n) is 3.07. The van der Waals surface area contributed by atoms with Crippen molar-refractivity contribution in [3.05, 3.63) is 35.4 Å². The summed E-state index contributed by atoms with van der Waals surface area (Å²) in [4.78, 5) is 0. The molecule has 0 heterocycles. The van der Waals surface area contributed by atoms with Crippen LogP contribution in [0.4, 0.5) is 0 Å². The predicted octanol–water partition coefficient (Wildman–Crippen LogP) is 4.51. The molecule has 1 saturated carbocycles. The first-order chi connectivity index (χ1) is 9.70. The molecular weight excluding hydrogens is 246 g/mol. The maximum absolute atomic E-state index is 6.44. The van der Waals surface area contributed by atoms with Gasteiger partial charge in [0.25, 0.3) is 0 Å². The average Bonchev–Trinajstić information content (AvgIpc) is 2.72. The normalized spacial score (nSPS) is 20.4. The van der Waals surface area contributed by atoms with E-state index in [4.69, 9.17) is 10.5 Å². The monoisotopic (exact) mass is 275 g/mol. The minimum atomic E-state index is 0.0444. The fourth-order valence-corrected chi connectivity index (χ4v) is 3.07. The number of hydrogen-bond donors (Lipinski definition) is 1. The summed E-state index contributed by atoms with van der Waals surface area (Å²) in [6.45, 7) is 4.27. The molecule has 0 aliphatic heterocycles. The van der Waals surface area contributed by atoms with Gasteiger partial charge in [-0.1, -0.05) is 62.4 Å². The molecule has 0 spiro atoms. The van der Waals surface area contributed by atoms with Gasteiger partial charge in [-0.05, 0) is 31.7 Å². The molecule has 2 unspecified atom stereocenters. The third-order valence-electron chi connectivity index (χ3n) is 4.37. The molecule has 2 heteroatoms.